The van der Waals surface area contributed by atoms with Crippen LogP contribution >= 0.6 is 0 Å². The summed E-state index contributed by atoms with van der Waals surface area (Å²) in [7, 11) is 0. The zero-order chi connectivity index (χ0) is 7.19. The van der Waals surface area contributed by atoms with E-state index in [0.717, 1.165) is 12.5 Å². The fourth-order valence-corrected chi connectivity index (χ4v) is 2.64. The van der Waals surface area contributed by atoms with Crippen LogP contribution in [0.1, 0.15) is 19.8 Å². The number of nitrogens with one attached hydrogen (secondary N) is 1. The van der Waals surface area contributed by atoms with Gasteiger partial charge in [-0.25, -0.2) is 0 Å². The van der Waals surface area contributed by atoms with Gasteiger partial charge in [0, 0.05) is 19.1 Å². The van der Waals surface area contributed by atoms with Crippen molar-refractivity contribution in [3.05, 3.63) is 0 Å². The first-order valence-corrected chi connectivity index (χ1v) is 4.25. The molecule has 2 aliphatic rings. The van der Waals surface area contributed by atoms with Crippen LogP contribution in [0.5, 0.6) is 0 Å². The van der Waals surface area contributed by atoms with Crippen molar-refractivity contribution in [2.24, 2.45) is 17.1 Å². The van der Waals surface area contributed by atoms with Gasteiger partial charge in [-0.1, -0.05) is 6.92 Å². The Morgan fingerprint density at radius 1 is 1.70 bits per heavy atom. The number of hydrogen-bond acceptors (Lipinski definition) is 2. The van der Waals surface area contributed by atoms with Gasteiger partial charge in [0.1, 0.15) is 0 Å². The van der Waals surface area contributed by atoms with E-state index in [1.165, 1.54) is 19.4 Å². The summed E-state index contributed by atoms with van der Waals surface area (Å²) in [6, 6.07) is 0.495. The maximum atomic E-state index is 5.88. The van der Waals surface area contributed by atoms with Gasteiger partial charge in [-0.2, -0.15) is 0 Å². The van der Waals surface area contributed by atoms with Crippen LogP contribution in [0.2, 0.25) is 0 Å². The van der Waals surface area contributed by atoms with Crippen molar-refractivity contribution in [2.75, 3.05) is 13.1 Å². The molecule has 10 heavy (non-hydrogen) atoms. The maximum absolute atomic E-state index is 5.88. The molecule has 0 amide bonds. The topological polar surface area (TPSA) is 38.0 Å². The molecule has 1 saturated carbocycles. The second-order valence-electron chi connectivity index (χ2n) is 3.82. The minimum absolute atomic E-state index is 0.495. The molecule has 58 valence electrons. The summed E-state index contributed by atoms with van der Waals surface area (Å²) >= 11 is 0. The Labute approximate surface area is 62.2 Å². The van der Waals surface area contributed by atoms with Crippen molar-refractivity contribution in [3.63, 3.8) is 0 Å². The predicted molar refractivity (Wildman–Crippen MR) is 41.7 cm³/mol. The van der Waals surface area contributed by atoms with Crippen LogP contribution < -0.4 is 11.1 Å². The van der Waals surface area contributed by atoms with Crippen LogP contribution in [-0.4, -0.2) is 19.1 Å². The minimum atomic E-state index is 0.495. The Kier molecular flexibility index (Phi) is 1.29. The summed E-state index contributed by atoms with van der Waals surface area (Å²) in [5.74, 6) is 0.789. The van der Waals surface area contributed by atoms with E-state index in [0.29, 0.717) is 11.5 Å². The van der Waals surface area contributed by atoms with E-state index in [9.17, 15) is 0 Å². The average Bonchev–Trinajstić information content (AvgIpc) is 2.26. The van der Waals surface area contributed by atoms with E-state index in [1.807, 2.05) is 0 Å². The second-order valence-corrected chi connectivity index (χ2v) is 3.82. The van der Waals surface area contributed by atoms with Gasteiger partial charge in [0.15, 0.2) is 0 Å². The van der Waals surface area contributed by atoms with Crippen LogP contribution in [0.3, 0.4) is 0 Å². The van der Waals surface area contributed by atoms with E-state index in [4.69, 9.17) is 5.73 Å². The highest BCUT2D eigenvalue weighted by molar-refractivity contribution is 5.08. The molecule has 3 atom stereocenters. The Hall–Kier alpha value is -0.0800. The molecular formula is C8H16N2. The molecule has 1 aliphatic heterocycles. The van der Waals surface area contributed by atoms with Gasteiger partial charge in [-0.3, -0.25) is 0 Å². The summed E-state index contributed by atoms with van der Waals surface area (Å²) in [6.45, 7) is 4.66. The molecule has 2 fully saturated rings. The van der Waals surface area contributed by atoms with Crippen LogP contribution in [0.15, 0.2) is 0 Å². The largest absolute Gasteiger partial charge is 0.327 e. The zero-order valence-corrected chi connectivity index (χ0v) is 6.56. The van der Waals surface area contributed by atoms with Gasteiger partial charge < -0.3 is 11.1 Å². The van der Waals surface area contributed by atoms with Crippen LogP contribution in [0.25, 0.3) is 0 Å². The average molecular weight is 140 g/mol. The first-order valence-electron chi connectivity index (χ1n) is 4.25. The molecule has 1 saturated heterocycles. The van der Waals surface area contributed by atoms with Gasteiger partial charge in [-0.05, 0) is 24.2 Å². The highest BCUT2D eigenvalue weighted by Crippen LogP contribution is 2.50. The number of nitrogens with two attached hydrogens (primary N) is 1. The van der Waals surface area contributed by atoms with Crippen molar-refractivity contribution in [1.82, 2.24) is 5.32 Å². The third kappa shape index (κ3) is 0.611. The highest BCUT2D eigenvalue weighted by atomic mass is 15.0. The standard InChI is InChI=1S/C8H16N2/c1-2-8-3-7(9)6(8)4-10-5-8/h6-7,10H,2-5,9H2,1H3/t6-,7-,8-/m0/s1. The van der Waals surface area contributed by atoms with Gasteiger partial charge >= 0.3 is 0 Å². The van der Waals surface area contributed by atoms with E-state index in [-0.39, 0.29) is 0 Å². The number of fused-ring (bicyclic) bond motifs is 1. The van der Waals surface area contributed by atoms with Gasteiger partial charge in [0.2, 0.25) is 0 Å². The van der Waals surface area contributed by atoms with Crippen LogP contribution in [0, 0.1) is 11.3 Å². The Morgan fingerprint density at radius 3 is 3.00 bits per heavy atom. The second kappa shape index (κ2) is 1.95. The fraction of sp³-hybridized carbons (Fsp3) is 1.00. The van der Waals surface area contributed by atoms with E-state index < -0.39 is 0 Å². The lowest BCUT2D eigenvalue weighted by atomic mass is 9.58. The summed E-state index contributed by atoms with van der Waals surface area (Å²) < 4.78 is 0. The quantitative estimate of drug-likeness (QED) is 0.551. The summed E-state index contributed by atoms with van der Waals surface area (Å²) in [5, 5.41) is 3.43. The lowest BCUT2D eigenvalue weighted by Gasteiger charge is -2.49. The van der Waals surface area contributed by atoms with Gasteiger partial charge in [0.05, 0.1) is 0 Å². The SMILES string of the molecule is CC[C@]12CNC[C@H]1[C@@H](N)C2. The van der Waals surface area contributed by atoms with Crippen LogP contribution in [0.4, 0.5) is 0 Å². The minimum Gasteiger partial charge on any atom is -0.327 e. The first-order chi connectivity index (χ1) is 4.78. The maximum Gasteiger partial charge on any atom is 0.00909 e. The molecule has 1 aliphatic carbocycles. The Morgan fingerprint density at radius 2 is 2.50 bits per heavy atom. The normalized spacial score (nSPS) is 52.2. The molecule has 1 heterocycles. The van der Waals surface area contributed by atoms with Crippen molar-refractivity contribution in [2.45, 2.75) is 25.8 Å². The third-order valence-electron chi connectivity index (χ3n) is 3.49. The molecule has 0 aromatic heterocycles. The number of rotatable bonds is 1. The van der Waals surface area contributed by atoms with Gasteiger partial charge in [0.25, 0.3) is 0 Å². The highest BCUT2D eigenvalue weighted by Gasteiger charge is 2.53. The van der Waals surface area contributed by atoms with E-state index in [2.05, 4.69) is 12.2 Å². The summed E-state index contributed by atoms with van der Waals surface area (Å²) in [5.41, 5.74) is 6.49. The molecule has 0 bridgehead atoms. The molecule has 2 heteroatoms. The molecule has 0 radical (unpaired) electrons. The smallest absolute Gasteiger partial charge is 0.00909 e. The van der Waals surface area contributed by atoms with E-state index in [1.54, 1.807) is 0 Å². The zero-order valence-electron chi connectivity index (χ0n) is 6.56. The molecule has 0 spiro atoms. The van der Waals surface area contributed by atoms with Crippen molar-refractivity contribution in [1.29, 1.82) is 0 Å². The first kappa shape index (κ1) is 6.62. The molecular weight excluding hydrogens is 124 g/mol. The Bertz CT molecular complexity index is 146. The van der Waals surface area contributed by atoms with Crippen molar-refractivity contribution < 1.29 is 0 Å². The van der Waals surface area contributed by atoms with Crippen molar-refractivity contribution >= 4 is 0 Å². The molecule has 0 unspecified atom stereocenters. The fourth-order valence-electron chi connectivity index (χ4n) is 2.64. The molecule has 2 rings (SSSR count). The monoisotopic (exact) mass is 140 g/mol. The third-order valence-corrected chi connectivity index (χ3v) is 3.49. The predicted octanol–water partition coefficient (Wildman–Crippen LogP) is 0.333. The van der Waals surface area contributed by atoms with Gasteiger partial charge in [-0.15, -0.1) is 0 Å². The number of hydrogen-bond donors (Lipinski definition) is 2. The molecule has 0 aromatic rings. The van der Waals surface area contributed by atoms with E-state index >= 15 is 0 Å². The molecule has 2 nitrogen and oxygen atoms in total. The van der Waals surface area contributed by atoms with Crippen molar-refractivity contribution in [3.8, 4) is 0 Å². The lowest BCUT2D eigenvalue weighted by molar-refractivity contribution is 0.0513. The van der Waals surface area contributed by atoms with Crippen LogP contribution in [-0.2, 0) is 0 Å². The molecule has 3 N–H and O–H groups in total. The lowest BCUT2D eigenvalue weighted by Crippen LogP contribution is -2.54. The Balaban J connectivity index is 2.11. The summed E-state index contributed by atoms with van der Waals surface area (Å²) in [6.07, 6.45) is 2.56. The summed E-state index contributed by atoms with van der Waals surface area (Å²) in [4.78, 5) is 0. The molecule has 0 aromatic carbocycles.